The van der Waals surface area contributed by atoms with Crippen LogP contribution in [0.3, 0.4) is 0 Å². The maximum Gasteiger partial charge on any atom is 0.257 e. The van der Waals surface area contributed by atoms with Crippen LogP contribution in [0.1, 0.15) is 41.6 Å². The summed E-state index contributed by atoms with van der Waals surface area (Å²) in [6.07, 6.45) is -1.16. The molecule has 1 heterocycles. The average molecular weight is 362 g/mol. The average Bonchev–Trinajstić information content (AvgIpc) is 2.87. The number of methoxy groups -OCH3 is 1. The van der Waals surface area contributed by atoms with Crippen molar-refractivity contribution in [2.75, 3.05) is 13.9 Å². The van der Waals surface area contributed by atoms with Gasteiger partial charge in [-0.05, 0) is 31.5 Å². The maximum absolute atomic E-state index is 12.9. The van der Waals surface area contributed by atoms with Crippen LogP contribution >= 0.6 is 11.6 Å². The lowest BCUT2D eigenvalue weighted by molar-refractivity contribution is -0.0306. The van der Waals surface area contributed by atoms with E-state index in [-0.39, 0.29) is 17.7 Å². The van der Waals surface area contributed by atoms with Gasteiger partial charge in [0.25, 0.3) is 5.91 Å². The molecule has 132 valence electrons. The second-order valence-electron chi connectivity index (χ2n) is 6.36. The molecule has 1 atom stereocenters. The predicted octanol–water partition coefficient (Wildman–Crippen LogP) is 3.70. The molecule has 0 aliphatic carbocycles. The lowest BCUT2D eigenvalue weighted by Gasteiger charge is -2.38. The summed E-state index contributed by atoms with van der Waals surface area (Å²) in [6, 6.07) is 12.8. The topological polar surface area (TPSA) is 59.0 Å². The third-order valence-electron chi connectivity index (χ3n) is 4.51. The van der Waals surface area contributed by atoms with E-state index in [0.717, 1.165) is 5.56 Å². The van der Waals surface area contributed by atoms with Gasteiger partial charge in [0.2, 0.25) is 0 Å². The number of carbonyl (C=O) groups is 1. The van der Waals surface area contributed by atoms with Crippen molar-refractivity contribution in [2.45, 2.75) is 25.6 Å². The standard InChI is InChI=1S/C19H20ClNO4/c1-19(2,12-7-5-4-6-8-12)21-17(22)13-9-10-14(25-11-24-3)16(20)15(13)18(21)23/h4-10,18,23H,11H2,1-3H3. The Labute approximate surface area is 151 Å². The van der Waals surface area contributed by atoms with Gasteiger partial charge in [0, 0.05) is 18.2 Å². The van der Waals surface area contributed by atoms with E-state index in [4.69, 9.17) is 21.1 Å². The number of hydrogen-bond acceptors (Lipinski definition) is 4. The van der Waals surface area contributed by atoms with Crippen molar-refractivity contribution < 1.29 is 19.4 Å². The minimum atomic E-state index is -1.16. The summed E-state index contributed by atoms with van der Waals surface area (Å²) in [5, 5.41) is 11.1. The van der Waals surface area contributed by atoms with Crippen molar-refractivity contribution in [3.8, 4) is 5.75 Å². The van der Waals surface area contributed by atoms with Crippen LogP contribution in [0, 0.1) is 0 Å². The van der Waals surface area contributed by atoms with Gasteiger partial charge in [0.05, 0.1) is 10.6 Å². The molecule has 5 nitrogen and oxygen atoms in total. The Morgan fingerprint density at radius 2 is 1.88 bits per heavy atom. The zero-order chi connectivity index (χ0) is 18.2. The summed E-state index contributed by atoms with van der Waals surface area (Å²) < 4.78 is 10.3. The SMILES string of the molecule is COCOc1ccc2c(c1Cl)C(O)N(C(C)(C)c1ccccc1)C2=O. The zero-order valence-electron chi connectivity index (χ0n) is 14.3. The van der Waals surface area contributed by atoms with Gasteiger partial charge in [-0.2, -0.15) is 0 Å². The van der Waals surface area contributed by atoms with Crippen LogP contribution in [0.15, 0.2) is 42.5 Å². The Kier molecular flexibility index (Phi) is 4.73. The Bertz CT molecular complexity index is 792. The van der Waals surface area contributed by atoms with Crippen LogP contribution in [0.25, 0.3) is 0 Å². The van der Waals surface area contributed by atoms with Gasteiger partial charge in [0.15, 0.2) is 13.0 Å². The summed E-state index contributed by atoms with van der Waals surface area (Å²) in [6.45, 7) is 3.82. The molecule has 2 aromatic rings. The Hall–Kier alpha value is -2.08. The smallest absolute Gasteiger partial charge is 0.257 e. The van der Waals surface area contributed by atoms with Gasteiger partial charge in [-0.25, -0.2) is 0 Å². The van der Waals surface area contributed by atoms with E-state index < -0.39 is 11.8 Å². The summed E-state index contributed by atoms with van der Waals surface area (Å²) in [4.78, 5) is 14.4. The number of amides is 1. The first-order valence-corrected chi connectivity index (χ1v) is 8.28. The lowest BCUT2D eigenvalue weighted by Crippen LogP contribution is -2.44. The highest BCUT2D eigenvalue weighted by Crippen LogP contribution is 2.46. The van der Waals surface area contributed by atoms with Crippen LogP contribution in [-0.2, 0) is 10.3 Å². The normalized spacial score (nSPS) is 16.9. The molecule has 1 aliphatic rings. The van der Waals surface area contributed by atoms with Gasteiger partial charge in [-0.1, -0.05) is 41.9 Å². The minimum absolute atomic E-state index is 0.0295. The Morgan fingerprint density at radius 3 is 2.52 bits per heavy atom. The molecular weight excluding hydrogens is 342 g/mol. The first-order valence-electron chi connectivity index (χ1n) is 7.91. The number of carbonyl (C=O) groups excluding carboxylic acids is 1. The number of halogens is 1. The number of rotatable bonds is 5. The van der Waals surface area contributed by atoms with Crippen molar-refractivity contribution in [3.63, 3.8) is 0 Å². The molecule has 6 heteroatoms. The summed E-state index contributed by atoms with van der Waals surface area (Å²) >= 11 is 6.39. The second kappa shape index (κ2) is 6.67. The molecule has 0 spiro atoms. The molecule has 0 saturated heterocycles. The van der Waals surface area contributed by atoms with Crippen molar-refractivity contribution >= 4 is 17.5 Å². The number of aliphatic hydroxyl groups is 1. The molecule has 3 rings (SSSR count). The maximum atomic E-state index is 12.9. The highest BCUT2D eigenvalue weighted by Gasteiger charge is 2.46. The van der Waals surface area contributed by atoms with Crippen molar-refractivity contribution in [1.29, 1.82) is 0 Å². The molecule has 2 aromatic carbocycles. The molecular formula is C19H20ClNO4. The fraction of sp³-hybridized carbons (Fsp3) is 0.316. The predicted molar refractivity (Wildman–Crippen MR) is 94.6 cm³/mol. The molecule has 1 amide bonds. The van der Waals surface area contributed by atoms with Gasteiger partial charge < -0.3 is 14.6 Å². The first-order chi connectivity index (χ1) is 11.9. The number of nitrogens with zero attached hydrogens (tertiary/aromatic N) is 1. The van der Waals surface area contributed by atoms with E-state index in [0.29, 0.717) is 16.9 Å². The minimum Gasteiger partial charge on any atom is -0.466 e. The van der Waals surface area contributed by atoms with E-state index in [9.17, 15) is 9.90 Å². The van der Waals surface area contributed by atoms with Crippen molar-refractivity contribution in [1.82, 2.24) is 4.90 Å². The Morgan fingerprint density at radius 1 is 1.20 bits per heavy atom. The van der Waals surface area contributed by atoms with Crippen molar-refractivity contribution in [2.24, 2.45) is 0 Å². The Balaban J connectivity index is 2.03. The van der Waals surface area contributed by atoms with Gasteiger partial charge in [-0.3, -0.25) is 9.69 Å². The molecule has 0 fully saturated rings. The monoisotopic (exact) mass is 361 g/mol. The molecule has 0 aromatic heterocycles. The summed E-state index contributed by atoms with van der Waals surface area (Å²) in [7, 11) is 1.50. The van der Waals surface area contributed by atoms with Crippen LogP contribution in [0.2, 0.25) is 5.02 Å². The van der Waals surface area contributed by atoms with E-state index in [1.165, 1.54) is 12.0 Å². The molecule has 1 unspecified atom stereocenters. The number of benzene rings is 2. The quantitative estimate of drug-likeness (QED) is 0.825. The zero-order valence-corrected chi connectivity index (χ0v) is 15.1. The van der Waals surface area contributed by atoms with Crippen LogP contribution in [-0.4, -0.2) is 29.8 Å². The fourth-order valence-electron chi connectivity index (χ4n) is 3.16. The molecule has 0 bridgehead atoms. The lowest BCUT2D eigenvalue weighted by atomic mass is 9.92. The van der Waals surface area contributed by atoms with Gasteiger partial charge in [-0.15, -0.1) is 0 Å². The third-order valence-corrected chi connectivity index (χ3v) is 4.90. The number of ether oxygens (including phenoxy) is 2. The molecule has 1 N–H and O–H groups in total. The second-order valence-corrected chi connectivity index (χ2v) is 6.74. The van der Waals surface area contributed by atoms with E-state index in [1.807, 2.05) is 44.2 Å². The van der Waals surface area contributed by atoms with E-state index in [2.05, 4.69) is 0 Å². The molecule has 0 saturated carbocycles. The summed E-state index contributed by atoms with van der Waals surface area (Å²) in [5.74, 6) is 0.102. The van der Waals surface area contributed by atoms with E-state index >= 15 is 0 Å². The number of fused-ring (bicyclic) bond motifs is 1. The van der Waals surface area contributed by atoms with Gasteiger partial charge in [0.1, 0.15) is 5.75 Å². The molecule has 1 aliphatic heterocycles. The molecule has 0 radical (unpaired) electrons. The highest BCUT2D eigenvalue weighted by molar-refractivity contribution is 6.33. The van der Waals surface area contributed by atoms with E-state index in [1.54, 1.807) is 12.1 Å². The van der Waals surface area contributed by atoms with Gasteiger partial charge >= 0.3 is 0 Å². The number of hydrogen-bond donors (Lipinski definition) is 1. The highest BCUT2D eigenvalue weighted by atomic mass is 35.5. The van der Waals surface area contributed by atoms with Crippen LogP contribution < -0.4 is 4.74 Å². The molecule has 25 heavy (non-hydrogen) atoms. The number of aliphatic hydroxyl groups excluding tert-OH is 1. The third kappa shape index (κ3) is 2.88. The van der Waals surface area contributed by atoms with Crippen LogP contribution in [0.5, 0.6) is 5.75 Å². The van der Waals surface area contributed by atoms with Crippen molar-refractivity contribution in [3.05, 3.63) is 64.2 Å². The fourth-order valence-corrected chi connectivity index (χ4v) is 3.48. The first kappa shape index (κ1) is 17.7. The largest absolute Gasteiger partial charge is 0.466 e. The van der Waals surface area contributed by atoms with Crippen LogP contribution in [0.4, 0.5) is 0 Å². The summed E-state index contributed by atoms with van der Waals surface area (Å²) in [5.41, 5.74) is 0.950.